The van der Waals surface area contributed by atoms with Crippen LogP contribution in [-0.2, 0) is 9.53 Å². The third-order valence-electron chi connectivity index (χ3n) is 4.00. The Bertz CT molecular complexity index is 634. The van der Waals surface area contributed by atoms with E-state index in [2.05, 4.69) is 10.3 Å². The molecule has 0 fully saturated rings. The molecule has 1 aliphatic rings. The molecule has 0 saturated carbocycles. The summed E-state index contributed by atoms with van der Waals surface area (Å²) in [4.78, 5) is 28.7. The third kappa shape index (κ3) is 2.55. The lowest BCUT2D eigenvalue weighted by Crippen LogP contribution is -2.41. The number of carbonyl (C=O) groups is 2. The van der Waals surface area contributed by atoms with E-state index in [4.69, 9.17) is 4.74 Å². The van der Waals surface area contributed by atoms with Gasteiger partial charge in [-0.05, 0) is 25.8 Å². The third-order valence-corrected chi connectivity index (χ3v) is 4.00. The minimum atomic E-state index is -0.812. The van der Waals surface area contributed by atoms with E-state index in [1.165, 1.54) is 7.11 Å². The SMILES string of the molecule is COC(=O)c1cc(C)ccc1C1=N[C@](C)(C(C)C)C(=O)N1. The number of aryl methyl sites for hydroxylation is 1. The van der Waals surface area contributed by atoms with Crippen LogP contribution < -0.4 is 5.32 Å². The maximum atomic E-state index is 12.2. The van der Waals surface area contributed by atoms with E-state index in [9.17, 15) is 9.59 Å². The van der Waals surface area contributed by atoms with Gasteiger partial charge in [-0.25, -0.2) is 4.79 Å². The summed E-state index contributed by atoms with van der Waals surface area (Å²) in [6, 6.07) is 5.40. The largest absolute Gasteiger partial charge is 0.465 e. The molecule has 112 valence electrons. The maximum Gasteiger partial charge on any atom is 0.338 e. The Kier molecular flexibility index (Phi) is 3.85. The number of methoxy groups -OCH3 is 1. The number of amides is 1. The molecular formula is C16H20N2O3. The number of ether oxygens (including phenoxy) is 1. The van der Waals surface area contributed by atoms with Crippen LogP contribution in [0.5, 0.6) is 0 Å². The van der Waals surface area contributed by atoms with Crippen LogP contribution in [0.2, 0.25) is 0 Å². The summed E-state index contributed by atoms with van der Waals surface area (Å²) >= 11 is 0. The molecule has 1 atom stereocenters. The van der Waals surface area contributed by atoms with E-state index < -0.39 is 11.5 Å². The summed E-state index contributed by atoms with van der Waals surface area (Å²) in [5.41, 5.74) is 1.12. The quantitative estimate of drug-likeness (QED) is 0.866. The molecule has 1 aromatic carbocycles. The molecule has 1 amide bonds. The number of rotatable bonds is 3. The van der Waals surface area contributed by atoms with Crippen molar-refractivity contribution in [2.75, 3.05) is 7.11 Å². The van der Waals surface area contributed by atoms with Crippen LogP contribution in [0.4, 0.5) is 0 Å². The Morgan fingerprint density at radius 2 is 2.05 bits per heavy atom. The van der Waals surface area contributed by atoms with Gasteiger partial charge in [-0.15, -0.1) is 0 Å². The monoisotopic (exact) mass is 288 g/mol. The fourth-order valence-electron chi connectivity index (χ4n) is 2.21. The number of amidine groups is 1. The van der Waals surface area contributed by atoms with Crippen molar-refractivity contribution < 1.29 is 14.3 Å². The highest BCUT2D eigenvalue weighted by Crippen LogP contribution is 2.28. The predicted molar refractivity (Wildman–Crippen MR) is 80.4 cm³/mol. The minimum Gasteiger partial charge on any atom is -0.465 e. The molecule has 0 unspecified atom stereocenters. The van der Waals surface area contributed by atoms with Gasteiger partial charge in [-0.2, -0.15) is 0 Å². The Morgan fingerprint density at radius 3 is 2.57 bits per heavy atom. The van der Waals surface area contributed by atoms with Gasteiger partial charge in [0.2, 0.25) is 0 Å². The zero-order valence-corrected chi connectivity index (χ0v) is 13.0. The second kappa shape index (κ2) is 5.31. The molecular weight excluding hydrogens is 268 g/mol. The first-order valence-corrected chi connectivity index (χ1v) is 6.90. The molecule has 0 spiro atoms. The summed E-state index contributed by atoms with van der Waals surface area (Å²) in [6.45, 7) is 7.58. The molecule has 5 heteroatoms. The van der Waals surface area contributed by atoms with Crippen molar-refractivity contribution >= 4 is 17.7 Å². The van der Waals surface area contributed by atoms with Crippen LogP contribution in [0.3, 0.4) is 0 Å². The van der Waals surface area contributed by atoms with Gasteiger partial charge in [-0.3, -0.25) is 9.79 Å². The van der Waals surface area contributed by atoms with Gasteiger partial charge in [0, 0.05) is 5.56 Å². The number of benzene rings is 1. The predicted octanol–water partition coefficient (Wildman–Crippen LogP) is 2.07. The van der Waals surface area contributed by atoms with Crippen molar-refractivity contribution in [3.8, 4) is 0 Å². The molecule has 0 aliphatic carbocycles. The average Bonchev–Trinajstić information content (AvgIpc) is 2.75. The highest BCUT2D eigenvalue weighted by Gasteiger charge is 2.42. The molecule has 1 N–H and O–H groups in total. The van der Waals surface area contributed by atoms with E-state index in [1.807, 2.05) is 26.8 Å². The van der Waals surface area contributed by atoms with Crippen molar-refractivity contribution in [2.45, 2.75) is 33.2 Å². The molecule has 1 aromatic rings. The second-order valence-corrected chi connectivity index (χ2v) is 5.76. The Labute approximate surface area is 124 Å². The van der Waals surface area contributed by atoms with Gasteiger partial charge in [0.15, 0.2) is 0 Å². The van der Waals surface area contributed by atoms with Crippen molar-refractivity contribution in [1.82, 2.24) is 5.32 Å². The van der Waals surface area contributed by atoms with E-state index in [0.29, 0.717) is 17.0 Å². The van der Waals surface area contributed by atoms with E-state index in [1.54, 1.807) is 19.1 Å². The molecule has 5 nitrogen and oxygen atoms in total. The number of carbonyl (C=O) groups excluding carboxylic acids is 2. The van der Waals surface area contributed by atoms with Crippen LogP contribution in [0.25, 0.3) is 0 Å². The average molecular weight is 288 g/mol. The smallest absolute Gasteiger partial charge is 0.338 e. The van der Waals surface area contributed by atoms with Crippen molar-refractivity contribution in [3.05, 3.63) is 34.9 Å². The highest BCUT2D eigenvalue weighted by molar-refractivity contribution is 6.18. The van der Waals surface area contributed by atoms with Crippen LogP contribution in [-0.4, -0.2) is 30.4 Å². The first-order chi connectivity index (χ1) is 9.79. The Hall–Kier alpha value is -2.17. The highest BCUT2D eigenvalue weighted by atomic mass is 16.5. The molecule has 21 heavy (non-hydrogen) atoms. The van der Waals surface area contributed by atoms with Gasteiger partial charge >= 0.3 is 5.97 Å². The standard InChI is InChI=1S/C16H20N2O3/c1-9(2)16(4)15(20)17-13(18-16)11-7-6-10(3)8-12(11)14(19)21-5/h6-9H,1-5H3,(H,17,18,20)/t16-/m1/s1. The molecule has 1 aliphatic heterocycles. The topological polar surface area (TPSA) is 67.8 Å². The lowest BCUT2D eigenvalue weighted by molar-refractivity contribution is -0.124. The number of aliphatic imine (C=N–C) groups is 1. The van der Waals surface area contributed by atoms with Crippen LogP contribution in [0.1, 0.15) is 42.3 Å². The lowest BCUT2D eigenvalue weighted by Gasteiger charge is -2.21. The number of nitrogens with one attached hydrogen (secondary N) is 1. The Balaban J connectivity index is 2.54. The summed E-state index contributed by atoms with van der Waals surface area (Å²) in [6.07, 6.45) is 0. The van der Waals surface area contributed by atoms with E-state index in [0.717, 1.165) is 5.56 Å². The van der Waals surface area contributed by atoms with Gasteiger partial charge in [0.25, 0.3) is 5.91 Å². The zero-order valence-electron chi connectivity index (χ0n) is 13.0. The fraction of sp³-hybridized carbons (Fsp3) is 0.438. The van der Waals surface area contributed by atoms with Gasteiger partial charge in [0.1, 0.15) is 11.4 Å². The summed E-state index contributed by atoms with van der Waals surface area (Å²) in [7, 11) is 1.34. The van der Waals surface area contributed by atoms with Crippen LogP contribution in [0, 0.1) is 12.8 Å². The lowest BCUT2D eigenvalue weighted by atomic mass is 9.89. The zero-order chi connectivity index (χ0) is 15.8. The van der Waals surface area contributed by atoms with Crippen LogP contribution in [0.15, 0.2) is 23.2 Å². The van der Waals surface area contributed by atoms with Crippen molar-refractivity contribution in [1.29, 1.82) is 0 Å². The molecule has 0 bridgehead atoms. The number of hydrogen-bond acceptors (Lipinski definition) is 4. The van der Waals surface area contributed by atoms with Gasteiger partial charge in [0.05, 0.1) is 12.7 Å². The van der Waals surface area contributed by atoms with Crippen LogP contribution >= 0.6 is 0 Å². The first-order valence-electron chi connectivity index (χ1n) is 6.90. The molecule has 0 saturated heterocycles. The number of esters is 1. The molecule has 0 radical (unpaired) electrons. The number of hydrogen-bond donors (Lipinski definition) is 1. The molecule has 2 rings (SSSR count). The molecule has 1 heterocycles. The summed E-state index contributed by atoms with van der Waals surface area (Å²) in [5.74, 6) is -0.105. The normalized spacial score (nSPS) is 21.2. The van der Waals surface area contributed by atoms with Gasteiger partial charge in [-0.1, -0.05) is 31.5 Å². The van der Waals surface area contributed by atoms with Gasteiger partial charge < -0.3 is 10.1 Å². The summed E-state index contributed by atoms with van der Waals surface area (Å²) in [5, 5.41) is 2.78. The summed E-state index contributed by atoms with van der Waals surface area (Å²) < 4.78 is 4.81. The van der Waals surface area contributed by atoms with Crippen molar-refractivity contribution in [3.63, 3.8) is 0 Å². The maximum absolute atomic E-state index is 12.2. The van der Waals surface area contributed by atoms with E-state index in [-0.39, 0.29) is 11.8 Å². The fourth-order valence-corrected chi connectivity index (χ4v) is 2.21. The Morgan fingerprint density at radius 1 is 1.38 bits per heavy atom. The minimum absolute atomic E-state index is 0.0574. The molecule has 0 aromatic heterocycles. The van der Waals surface area contributed by atoms with E-state index >= 15 is 0 Å². The van der Waals surface area contributed by atoms with Crippen molar-refractivity contribution in [2.24, 2.45) is 10.9 Å². The number of nitrogens with zero attached hydrogens (tertiary/aromatic N) is 1. The second-order valence-electron chi connectivity index (χ2n) is 5.76. The first kappa shape index (κ1) is 15.2.